The van der Waals surface area contributed by atoms with Gasteiger partial charge in [-0.25, -0.2) is 19.7 Å². The average Bonchev–Trinajstić information content (AvgIpc) is 1.65. The van der Waals surface area contributed by atoms with Crippen LogP contribution in [-0.4, -0.2) is 153 Å². The molecule has 24 nitrogen and oxygen atoms in total. The fraction of sp³-hybridized carbons (Fsp3) is 0.416. The highest BCUT2D eigenvalue weighted by Gasteiger charge is 2.25. The Morgan fingerprint density at radius 3 is 1.31 bits per heavy atom. The van der Waals surface area contributed by atoms with Gasteiger partial charge in [-0.3, -0.25) is 20.1 Å². The number of H-pyrrole nitrogens is 11. The summed E-state index contributed by atoms with van der Waals surface area (Å²) in [5.74, 6) is 10.6. The molecule has 0 radical (unpaired) electrons. The minimum atomic E-state index is -0.136. The lowest BCUT2D eigenvalue weighted by molar-refractivity contribution is 0.312. The van der Waals surface area contributed by atoms with Crippen molar-refractivity contribution in [3.8, 4) is 0 Å². The van der Waals surface area contributed by atoms with Crippen LogP contribution in [0, 0.1) is 6.92 Å². The van der Waals surface area contributed by atoms with Crippen LogP contribution in [0.3, 0.4) is 0 Å². The maximum Gasteiger partial charge on any atom is 0.323 e. The van der Waals surface area contributed by atoms with Crippen molar-refractivity contribution in [1.82, 2.24) is 90.8 Å². The third kappa shape index (κ3) is 24.4. The van der Waals surface area contributed by atoms with Crippen LogP contribution >= 0.6 is 0 Å². The Kier molecular flexibility index (Phi) is 33.5. The van der Waals surface area contributed by atoms with Gasteiger partial charge in [-0.2, -0.15) is 5.10 Å². The Morgan fingerprint density at radius 2 is 0.774 bits per heavy atom. The molecule has 24 heteroatoms. The third-order valence-corrected chi connectivity index (χ3v) is 27.2. The van der Waals surface area contributed by atoms with Crippen LogP contribution in [0.25, 0.3) is 98.6 Å². The molecule has 4 aliphatic rings. The smallest absolute Gasteiger partial charge is 0.323 e. The predicted octanol–water partition coefficient (Wildman–Crippen LogP) is 25.3. The van der Waals surface area contributed by atoms with Crippen LogP contribution in [0.4, 0.5) is 23.4 Å². The fourth-order valence-corrected chi connectivity index (χ4v) is 19.7. The molecular weight excluding hydrogens is 1700 g/mol. The molecule has 0 spiro atoms. The van der Waals surface area contributed by atoms with Gasteiger partial charge in [0.2, 0.25) is 0 Å². The highest BCUT2D eigenvalue weighted by atomic mass is 16.1. The molecule has 22 rings (SSSR count). The van der Waals surface area contributed by atoms with Gasteiger partial charge in [-0.15, -0.1) is 0 Å². The van der Waals surface area contributed by atoms with Gasteiger partial charge in [-0.05, 0) is 241 Å². The van der Waals surface area contributed by atoms with E-state index in [0.29, 0.717) is 70.9 Å². The standard InChI is InChI=1S/C16H23N3.C16H22N2.C16H21N.C14H20N4.C11H14N2.2C10H13N3.2C10H12N2O/c1-12(2)13-5-4-6-15-14(13)11-16(17-15)19-9-7-18(3)8-10-19;1-11(2)13-4-3-5-15-14(13)10-16(18-15)12-6-8-17-9-7-12;1-11(2)13-8-5-9-15-14(13)10-16(17-15)12-6-3-4-7-12;1-10(2)11-3-4-16-14-12(11)9-13(17-14)18-7-5-15-6-8-18;1-7(2)9-5-4-6-10-11(9)13-8(3)12-10;1-6(2)7-4-3-5-8-9(7)13-10(11)12-8;1-6(2)7-4-3-5-8-9(7)10(11)13-12-8;1-6(2)7-4-3-5-8-9(7)12-10(13)11-8;1-6(2)7-4-3-5-8-9(7)10(13)12-11-8/h4-6,11-12,17H,7-10H2,1-3H3;3-5,10-12,17-18H,6-9H2,1-2H3;5,8-12,17H,3-4,6-7H2,1-2H3;3-4,9-10,15H,5-8H2,1-2H3,(H,16,17);4-7H,1-3H3,(H,12,13);2*3-6H,1-2H3,(H3,11,12,13);2*3-6H,1-2H3,(H2,11,12,13). The quantitative estimate of drug-likeness (QED) is 0.0511. The Labute approximate surface area is 807 Å². The number of fused-ring (bicyclic) bond motifs is 9. The lowest BCUT2D eigenvalue weighted by Crippen LogP contribution is -2.44. The maximum absolute atomic E-state index is 11.4. The van der Waals surface area contributed by atoms with Crippen molar-refractivity contribution >= 4 is 122 Å². The molecule has 137 heavy (non-hydrogen) atoms. The van der Waals surface area contributed by atoms with Gasteiger partial charge in [0.05, 0.1) is 49.5 Å². The van der Waals surface area contributed by atoms with Gasteiger partial charge in [0, 0.05) is 119 Å². The first-order chi connectivity index (χ1) is 65.9. The summed E-state index contributed by atoms with van der Waals surface area (Å²) in [6.07, 6.45) is 9.94. The minimum absolute atomic E-state index is 0.0284. The second kappa shape index (κ2) is 45.8. The topological polar surface area (TPSA) is 345 Å². The average molecular weight is 1850 g/mol. The number of aromatic nitrogens is 15. The Bertz CT molecular complexity index is 6850. The van der Waals surface area contributed by atoms with Crippen LogP contribution in [0.5, 0.6) is 0 Å². The molecule has 18 aromatic rings. The summed E-state index contributed by atoms with van der Waals surface area (Å²) < 4.78 is 0. The number of nitrogen functional groups attached to an aromatic ring is 2. The van der Waals surface area contributed by atoms with Crippen LogP contribution < -0.4 is 43.1 Å². The Morgan fingerprint density at radius 1 is 0.358 bits per heavy atom. The SMILES string of the molecule is CC(C)c1cccc2[nH][nH]c(=O)c12.CC(C)c1cccc2[nH]c(=O)[nH]c12.CC(C)c1cccc2[nH]c(C3CCCC3)cc12.CC(C)c1cccc2[nH]c(C3CCNCC3)cc12.CC(C)c1cccc2[nH]c(N)nc12.CC(C)c1cccc2[nH]c(N3CCN(C)CC3)cc12.CC(C)c1cccc2[nH]nc(N)c12.CC(C)c1ccnc2[nH]c(N3CCNCC3)cc12.Cc1nc2c(C(C)C)cccc2[nH]1. The molecular formula is C113H150N22O2. The van der Waals surface area contributed by atoms with Crippen LogP contribution in [0.2, 0.25) is 0 Å². The number of nitrogens with two attached hydrogens (primary N) is 2. The highest BCUT2D eigenvalue weighted by Crippen LogP contribution is 2.39. The van der Waals surface area contributed by atoms with Gasteiger partial charge in [0.15, 0.2) is 11.8 Å². The zero-order valence-corrected chi connectivity index (χ0v) is 84.6. The van der Waals surface area contributed by atoms with Gasteiger partial charge < -0.3 is 76.7 Å². The number of hydrogen-bond donors (Lipinski definition) is 15. The first-order valence-corrected chi connectivity index (χ1v) is 50.1. The van der Waals surface area contributed by atoms with E-state index in [-0.39, 0.29) is 11.2 Å². The molecule has 0 unspecified atom stereocenters. The Balaban J connectivity index is 0.000000124. The number of imidazole rings is 3. The molecule has 13 heterocycles. The summed E-state index contributed by atoms with van der Waals surface area (Å²) in [7, 11) is 2.19. The summed E-state index contributed by atoms with van der Waals surface area (Å²) in [5, 5.41) is 26.5. The number of aromatic amines is 11. The number of para-hydroxylation sites is 3. The van der Waals surface area contributed by atoms with Gasteiger partial charge >= 0.3 is 5.69 Å². The zero-order chi connectivity index (χ0) is 97.4. The van der Waals surface area contributed by atoms with Crippen molar-refractivity contribution in [3.05, 3.63) is 270 Å². The third-order valence-electron chi connectivity index (χ3n) is 27.2. The highest BCUT2D eigenvalue weighted by molar-refractivity contribution is 5.93. The number of piperidine rings is 1. The molecule has 1 aliphatic carbocycles. The summed E-state index contributed by atoms with van der Waals surface area (Å²) in [6, 6.07) is 61.6. The minimum Gasteiger partial charge on any atom is -0.382 e. The number of rotatable bonds is 13. The van der Waals surface area contributed by atoms with E-state index < -0.39 is 0 Å². The monoisotopic (exact) mass is 1850 g/mol. The van der Waals surface area contributed by atoms with Gasteiger partial charge in [0.25, 0.3) is 5.56 Å². The van der Waals surface area contributed by atoms with E-state index in [4.69, 9.17) is 11.5 Å². The van der Waals surface area contributed by atoms with E-state index in [0.717, 1.165) is 143 Å². The number of anilines is 4. The first-order valence-electron chi connectivity index (χ1n) is 50.1. The summed E-state index contributed by atoms with van der Waals surface area (Å²) in [4.78, 5) is 69.0. The number of pyridine rings is 1. The van der Waals surface area contributed by atoms with E-state index in [1.165, 1.54) is 144 Å². The molecule has 3 saturated heterocycles. The number of aryl methyl sites for hydroxylation is 1. The van der Waals surface area contributed by atoms with Crippen molar-refractivity contribution in [1.29, 1.82) is 0 Å². The molecule has 8 aromatic carbocycles. The zero-order valence-electron chi connectivity index (χ0n) is 84.6. The molecule has 724 valence electrons. The van der Waals surface area contributed by atoms with Crippen LogP contribution in [0.1, 0.15) is 296 Å². The number of piperazine rings is 2. The summed E-state index contributed by atoms with van der Waals surface area (Å²) >= 11 is 0. The lowest BCUT2D eigenvalue weighted by Gasteiger charge is -2.33. The number of nitrogens with zero attached hydrogens (tertiary/aromatic N) is 7. The molecule has 1 saturated carbocycles. The van der Waals surface area contributed by atoms with E-state index in [1.807, 2.05) is 73.8 Å². The molecule has 0 amide bonds. The second-order valence-electron chi connectivity index (χ2n) is 40.3. The van der Waals surface area contributed by atoms with Gasteiger partial charge in [0.1, 0.15) is 23.1 Å². The van der Waals surface area contributed by atoms with E-state index in [1.54, 1.807) is 0 Å². The van der Waals surface area contributed by atoms with E-state index >= 15 is 0 Å². The summed E-state index contributed by atoms with van der Waals surface area (Å²) in [5.41, 5.74) is 38.8. The van der Waals surface area contributed by atoms with Crippen molar-refractivity contribution < 1.29 is 0 Å². The Hall–Kier alpha value is -12.9. The summed E-state index contributed by atoms with van der Waals surface area (Å²) in [6.45, 7) is 52.5. The fourth-order valence-electron chi connectivity index (χ4n) is 19.7. The maximum atomic E-state index is 11.4. The largest absolute Gasteiger partial charge is 0.382 e. The van der Waals surface area contributed by atoms with Crippen LogP contribution in [-0.2, 0) is 0 Å². The van der Waals surface area contributed by atoms with E-state index in [9.17, 15) is 9.59 Å². The van der Waals surface area contributed by atoms with Gasteiger partial charge in [-0.1, -0.05) is 235 Å². The number of hydrogen-bond acceptors (Lipinski definition) is 13. The molecule has 0 atom stereocenters. The van der Waals surface area contributed by atoms with Crippen molar-refractivity contribution in [2.75, 3.05) is 93.8 Å². The van der Waals surface area contributed by atoms with Crippen LogP contribution in [0.15, 0.2) is 192 Å². The molecule has 17 N–H and O–H groups in total. The lowest BCUT2D eigenvalue weighted by atomic mass is 9.94. The molecule has 10 aromatic heterocycles. The number of nitrogens with one attached hydrogen (secondary N) is 13. The number of likely N-dealkylation sites (N-methyl/N-ethyl adjacent to an activating group) is 1. The molecule has 3 aliphatic heterocycles. The molecule has 4 fully saturated rings. The van der Waals surface area contributed by atoms with Crippen molar-refractivity contribution in [2.24, 2.45) is 0 Å². The normalized spacial score (nSPS) is 14.5. The van der Waals surface area contributed by atoms with Crippen molar-refractivity contribution in [3.63, 3.8) is 0 Å². The first kappa shape index (κ1) is 100. The van der Waals surface area contributed by atoms with E-state index in [2.05, 4.69) is 347 Å². The number of benzene rings is 8. The predicted molar refractivity (Wildman–Crippen MR) is 578 cm³/mol. The van der Waals surface area contributed by atoms with Crippen molar-refractivity contribution in [2.45, 2.75) is 235 Å². The molecule has 0 bridgehead atoms. The second-order valence-corrected chi connectivity index (χ2v) is 40.3.